The lowest BCUT2D eigenvalue weighted by Crippen LogP contribution is -2.37. The molecule has 0 bridgehead atoms. The number of likely N-dealkylation sites (N-methyl/N-ethyl adjacent to an activating group) is 2. The van der Waals surface area contributed by atoms with Crippen LogP contribution in [0.15, 0.2) is 23.1 Å². The molecule has 0 atom stereocenters. The molecule has 0 spiro atoms. The first-order valence-electron chi connectivity index (χ1n) is 5.67. The summed E-state index contributed by atoms with van der Waals surface area (Å²) in [7, 11) is -0.0393. The Morgan fingerprint density at radius 1 is 1.33 bits per heavy atom. The highest BCUT2D eigenvalue weighted by atomic mass is 32.2. The second-order valence-electron chi connectivity index (χ2n) is 4.42. The van der Waals surface area contributed by atoms with E-state index >= 15 is 0 Å². The summed E-state index contributed by atoms with van der Waals surface area (Å²) >= 11 is 0. The number of hydrogen-bond acceptors (Lipinski definition) is 5. The van der Waals surface area contributed by atoms with Crippen LogP contribution >= 0.6 is 0 Å². The van der Waals surface area contributed by atoms with Gasteiger partial charge >= 0.3 is 5.69 Å². The van der Waals surface area contributed by atoms with Crippen molar-refractivity contribution in [2.24, 2.45) is 0 Å². The van der Waals surface area contributed by atoms with Crippen molar-refractivity contribution in [2.75, 3.05) is 27.7 Å². The molecule has 0 radical (unpaired) electrons. The van der Waals surface area contributed by atoms with Crippen molar-refractivity contribution >= 4 is 21.6 Å². The number of nitro groups is 1. The van der Waals surface area contributed by atoms with E-state index in [-0.39, 0.29) is 0 Å². The molecular formula is C11H14FN3O5S. The molecule has 21 heavy (non-hydrogen) atoms. The zero-order valence-electron chi connectivity index (χ0n) is 11.6. The van der Waals surface area contributed by atoms with Crippen LogP contribution in [0.2, 0.25) is 0 Å². The highest BCUT2D eigenvalue weighted by Gasteiger charge is 2.26. The van der Waals surface area contributed by atoms with Crippen molar-refractivity contribution in [1.29, 1.82) is 0 Å². The number of benzene rings is 1. The van der Waals surface area contributed by atoms with Crippen molar-refractivity contribution in [3.8, 4) is 0 Å². The van der Waals surface area contributed by atoms with Gasteiger partial charge in [0.1, 0.15) is 0 Å². The van der Waals surface area contributed by atoms with E-state index in [9.17, 15) is 27.7 Å². The number of nitrogens with zero attached hydrogens (tertiary/aromatic N) is 3. The average molecular weight is 319 g/mol. The first-order valence-corrected chi connectivity index (χ1v) is 7.12. The molecule has 0 aliphatic heterocycles. The second-order valence-corrected chi connectivity index (χ2v) is 6.46. The quantitative estimate of drug-likeness (QED) is 0.579. The second kappa shape index (κ2) is 6.14. The first-order chi connectivity index (χ1) is 9.57. The van der Waals surface area contributed by atoms with E-state index in [1.165, 1.54) is 19.0 Å². The molecule has 8 nitrogen and oxygen atoms in total. The van der Waals surface area contributed by atoms with Crippen LogP contribution < -0.4 is 0 Å². The Morgan fingerprint density at radius 2 is 1.90 bits per heavy atom. The lowest BCUT2D eigenvalue weighted by molar-refractivity contribution is -0.387. The van der Waals surface area contributed by atoms with E-state index in [0.29, 0.717) is 12.1 Å². The average Bonchev–Trinajstić information content (AvgIpc) is 2.38. The molecule has 0 fully saturated rings. The Labute approximate surface area is 121 Å². The minimum Gasteiger partial charge on any atom is -0.348 e. The van der Waals surface area contributed by atoms with E-state index in [0.717, 1.165) is 17.4 Å². The normalized spacial score (nSPS) is 11.5. The van der Waals surface area contributed by atoms with Crippen LogP contribution in [-0.4, -0.2) is 56.1 Å². The van der Waals surface area contributed by atoms with Crippen LogP contribution in [0.25, 0.3) is 0 Å². The predicted molar refractivity (Wildman–Crippen MR) is 71.6 cm³/mol. The molecule has 0 aliphatic carbocycles. The van der Waals surface area contributed by atoms with Crippen LogP contribution in [0, 0.1) is 15.9 Å². The Morgan fingerprint density at radius 3 is 2.38 bits per heavy atom. The fraction of sp³-hybridized carbons (Fsp3) is 0.364. The van der Waals surface area contributed by atoms with Gasteiger partial charge in [-0.25, -0.2) is 8.42 Å². The molecule has 1 rings (SSSR count). The minimum absolute atomic E-state index is 0.430. The molecule has 0 N–H and O–H groups in total. The third-order valence-electron chi connectivity index (χ3n) is 2.68. The molecule has 0 heterocycles. The third-order valence-corrected chi connectivity index (χ3v) is 4.48. The van der Waals surface area contributed by atoms with E-state index in [2.05, 4.69) is 0 Å². The van der Waals surface area contributed by atoms with Crippen LogP contribution in [-0.2, 0) is 14.8 Å². The van der Waals surface area contributed by atoms with E-state index in [1.54, 1.807) is 0 Å². The number of carbonyl (C=O) groups excluding carboxylic acids is 1. The van der Waals surface area contributed by atoms with E-state index in [1.807, 2.05) is 0 Å². The fourth-order valence-corrected chi connectivity index (χ4v) is 2.53. The number of amides is 1. The van der Waals surface area contributed by atoms with Gasteiger partial charge in [0.05, 0.1) is 16.4 Å². The Kier molecular flexibility index (Phi) is 4.97. The molecule has 10 heteroatoms. The molecule has 1 amide bonds. The lowest BCUT2D eigenvalue weighted by atomic mass is 10.3. The molecule has 0 saturated carbocycles. The summed E-state index contributed by atoms with van der Waals surface area (Å²) in [6, 6.07) is 2.24. The summed E-state index contributed by atoms with van der Waals surface area (Å²) in [6.07, 6.45) is 0. The van der Waals surface area contributed by atoms with Gasteiger partial charge in [-0.15, -0.1) is 0 Å². The summed E-state index contributed by atoms with van der Waals surface area (Å²) < 4.78 is 38.3. The van der Waals surface area contributed by atoms with Crippen molar-refractivity contribution in [2.45, 2.75) is 4.90 Å². The topological polar surface area (TPSA) is 101 Å². The molecule has 116 valence electrons. The first kappa shape index (κ1) is 17.0. The summed E-state index contributed by atoms with van der Waals surface area (Å²) in [6.45, 7) is -0.430. The smallest absolute Gasteiger partial charge is 0.306 e. The Bertz CT molecular complexity index is 674. The SMILES string of the molecule is CN(C)C(=O)CN(C)S(=O)(=O)c1ccc(F)c([N+](=O)[O-])c1. The summed E-state index contributed by atoms with van der Waals surface area (Å²) in [5.74, 6) is -1.59. The lowest BCUT2D eigenvalue weighted by Gasteiger charge is -2.19. The Balaban J connectivity index is 3.16. The zero-order valence-corrected chi connectivity index (χ0v) is 12.4. The third kappa shape index (κ3) is 3.73. The highest BCUT2D eigenvalue weighted by Crippen LogP contribution is 2.23. The highest BCUT2D eigenvalue weighted by molar-refractivity contribution is 7.89. The molecule has 1 aromatic carbocycles. The molecule has 0 unspecified atom stereocenters. The molecular weight excluding hydrogens is 305 g/mol. The van der Waals surface area contributed by atoms with Crippen molar-refractivity contribution in [1.82, 2.24) is 9.21 Å². The van der Waals surface area contributed by atoms with E-state index in [4.69, 9.17) is 0 Å². The van der Waals surface area contributed by atoms with Crippen LogP contribution in [0.5, 0.6) is 0 Å². The van der Waals surface area contributed by atoms with Gasteiger partial charge in [0, 0.05) is 27.2 Å². The molecule has 0 aliphatic rings. The van der Waals surface area contributed by atoms with Gasteiger partial charge in [0.2, 0.25) is 21.7 Å². The fourth-order valence-electron chi connectivity index (χ4n) is 1.39. The standard InChI is InChI=1S/C11H14FN3O5S/c1-13(2)11(16)7-14(3)21(19,20)8-4-5-9(12)10(6-8)15(17)18/h4-6H,7H2,1-3H3. The van der Waals surface area contributed by atoms with Crippen LogP contribution in [0.1, 0.15) is 0 Å². The number of rotatable bonds is 5. The van der Waals surface area contributed by atoms with E-state index < -0.39 is 43.8 Å². The number of hydrogen-bond donors (Lipinski definition) is 0. The van der Waals surface area contributed by atoms with Crippen molar-refractivity contribution in [3.63, 3.8) is 0 Å². The van der Waals surface area contributed by atoms with Gasteiger partial charge in [-0.05, 0) is 12.1 Å². The van der Waals surface area contributed by atoms with Gasteiger partial charge < -0.3 is 4.90 Å². The zero-order chi connectivity index (χ0) is 16.4. The predicted octanol–water partition coefficient (Wildman–Crippen LogP) is 0.443. The maximum absolute atomic E-state index is 13.2. The molecule has 1 aromatic rings. The van der Waals surface area contributed by atoms with Crippen LogP contribution in [0.4, 0.5) is 10.1 Å². The maximum atomic E-state index is 13.2. The largest absolute Gasteiger partial charge is 0.348 e. The van der Waals surface area contributed by atoms with Gasteiger partial charge in [0.25, 0.3) is 0 Å². The molecule has 0 aromatic heterocycles. The minimum atomic E-state index is -4.13. The van der Waals surface area contributed by atoms with Gasteiger partial charge in [-0.3, -0.25) is 14.9 Å². The van der Waals surface area contributed by atoms with Gasteiger partial charge in [-0.2, -0.15) is 8.70 Å². The van der Waals surface area contributed by atoms with Crippen molar-refractivity contribution < 1.29 is 22.5 Å². The number of carbonyl (C=O) groups is 1. The number of nitro benzene ring substituents is 1. The van der Waals surface area contributed by atoms with Gasteiger partial charge in [0.15, 0.2) is 0 Å². The summed E-state index contributed by atoms with van der Waals surface area (Å²) in [5.41, 5.74) is -0.941. The van der Waals surface area contributed by atoms with Crippen LogP contribution in [0.3, 0.4) is 0 Å². The summed E-state index contributed by atoms with van der Waals surface area (Å²) in [4.78, 5) is 21.9. The number of sulfonamides is 1. The Hall–Kier alpha value is -2.07. The summed E-state index contributed by atoms with van der Waals surface area (Å²) in [5, 5.41) is 10.6. The monoisotopic (exact) mass is 319 g/mol. The maximum Gasteiger partial charge on any atom is 0.306 e. The number of halogens is 1. The molecule has 0 saturated heterocycles. The van der Waals surface area contributed by atoms with Crippen molar-refractivity contribution in [3.05, 3.63) is 34.1 Å². The van der Waals surface area contributed by atoms with Gasteiger partial charge in [-0.1, -0.05) is 0 Å².